The van der Waals surface area contributed by atoms with Crippen molar-refractivity contribution in [2.24, 2.45) is 0 Å². The van der Waals surface area contributed by atoms with Gasteiger partial charge in [0.15, 0.2) is 11.6 Å². The molecule has 1 nitrogen and oxygen atoms in total. The summed E-state index contributed by atoms with van der Waals surface area (Å²) >= 11 is 2.58. The van der Waals surface area contributed by atoms with Gasteiger partial charge in [-0.1, -0.05) is 0 Å². The molecule has 0 aliphatic rings. The van der Waals surface area contributed by atoms with E-state index in [0.717, 1.165) is 0 Å². The third-order valence-corrected chi connectivity index (χ3v) is 1.81. The van der Waals surface area contributed by atoms with Gasteiger partial charge in [-0.05, 0) is 15.9 Å². The molecule has 0 fully saturated rings. The van der Waals surface area contributed by atoms with Crippen molar-refractivity contribution in [2.45, 2.75) is 6.43 Å². The van der Waals surface area contributed by atoms with Crippen molar-refractivity contribution in [3.8, 4) is 0 Å². The van der Waals surface area contributed by atoms with Gasteiger partial charge in [0.25, 0.3) is 6.43 Å². The molecule has 1 aromatic heterocycles. The zero-order valence-electron chi connectivity index (χ0n) is 5.49. The molecule has 0 unspecified atom stereocenters. The van der Waals surface area contributed by atoms with Gasteiger partial charge in [-0.25, -0.2) is 22.5 Å². The van der Waals surface area contributed by atoms with Crippen LogP contribution in [0, 0.1) is 11.6 Å². The Bertz CT molecular complexity index is 302. The summed E-state index contributed by atoms with van der Waals surface area (Å²) in [5.74, 6) is -2.94. The van der Waals surface area contributed by atoms with Crippen LogP contribution in [0.3, 0.4) is 0 Å². The fourth-order valence-corrected chi connectivity index (χ4v) is 1.09. The molecule has 0 bridgehead atoms. The number of halogens is 5. The van der Waals surface area contributed by atoms with Crippen LogP contribution in [-0.2, 0) is 0 Å². The third-order valence-electron chi connectivity index (χ3n) is 1.18. The lowest BCUT2D eigenvalue weighted by Crippen LogP contribution is -1.98. The van der Waals surface area contributed by atoms with Gasteiger partial charge in [0, 0.05) is 0 Å². The molecule has 12 heavy (non-hydrogen) atoms. The Morgan fingerprint density at radius 2 is 1.92 bits per heavy atom. The summed E-state index contributed by atoms with van der Waals surface area (Å²) in [6, 6.07) is 0. The Balaban J connectivity index is 3.33. The fraction of sp³-hybridized carbons (Fsp3) is 0.167. The minimum atomic E-state index is -3.08. The van der Waals surface area contributed by atoms with Crippen LogP contribution in [0.4, 0.5) is 17.6 Å². The van der Waals surface area contributed by atoms with E-state index >= 15 is 0 Å². The van der Waals surface area contributed by atoms with Gasteiger partial charge in [0.2, 0.25) is 0 Å². The molecule has 0 aliphatic heterocycles. The molecular weight excluding hydrogens is 242 g/mol. The van der Waals surface area contributed by atoms with Crippen LogP contribution < -0.4 is 0 Å². The van der Waals surface area contributed by atoms with Crippen LogP contribution in [0.2, 0.25) is 0 Å². The Morgan fingerprint density at radius 1 is 1.33 bits per heavy atom. The third kappa shape index (κ3) is 1.57. The standard InChI is InChI=1S/C6H2BrF4N/c7-5-3(6(10)11)4(9)2(8)1-12-5/h1,6H. The molecule has 0 saturated carbocycles. The van der Waals surface area contributed by atoms with Gasteiger partial charge in [-0.2, -0.15) is 0 Å². The molecule has 1 heterocycles. The predicted molar refractivity (Wildman–Crippen MR) is 36.8 cm³/mol. The number of nitrogens with zero attached hydrogens (tertiary/aromatic N) is 1. The molecule has 1 rings (SSSR count). The number of alkyl halides is 2. The molecule has 0 spiro atoms. The summed E-state index contributed by atoms with van der Waals surface area (Å²) in [4.78, 5) is 3.18. The highest BCUT2D eigenvalue weighted by molar-refractivity contribution is 9.10. The maximum Gasteiger partial charge on any atom is 0.269 e. The minimum Gasteiger partial charge on any atom is -0.246 e. The topological polar surface area (TPSA) is 12.9 Å². The molecule has 6 heteroatoms. The van der Waals surface area contributed by atoms with Crippen molar-refractivity contribution in [3.63, 3.8) is 0 Å². The maximum absolute atomic E-state index is 12.6. The van der Waals surface area contributed by atoms with Gasteiger partial charge in [0.05, 0.1) is 11.8 Å². The van der Waals surface area contributed by atoms with Gasteiger partial charge in [-0.3, -0.25) is 0 Å². The van der Waals surface area contributed by atoms with Crippen LogP contribution >= 0.6 is 15.9 Å². The van der Waals surface area contributed by atoms with Crippen LogP contribution in [0.25, 0.3) is 0 Å². The highest BCUT2D eigenvalue weighted by atomic mass is 79.9. The molecule has 0 amide bonds. The Hall–Kier alpha value is -0.650. The number of hydrogen-bond acceptors (Lipinski definition) is 1. The number of rotatable bonds is 1. The maximum atomic E-state index is 12.6. The van der Waals surface area contributed by atoms with Crippen molar-refractivity contribution in [1.29, 1.82) is 0 Å². The van der Waals surface area contributed by atoms with Crippen LogP contribution in [0.1, 0.15) is 12.0 Å². The first-order valence-electron chi connectivity index (χ1n) is 2.81. The lowest BCUT2D eigenvalue weighted by molar-refractivity contribution is 0.143. The SMILES string of the molecule is Fc1cnc(Br)c(C(F)F)c1F. The number of aromatic nitrogens is 1. The van der Waals surface area contributed by atoms with E-state index in [-0.39, 0.29) is 4.60 Å². The molecule has 0 atom stereocenters. The summed E-state index contributed by atoms with van der Waals surface area (Å²) in [6.07, 6.45) is -2.55. The molecule has 1 aromatic rings. The molecule has 0 aliphatic carbocycles. The van der Waals surface area contributed by atoms with Gasteiger partial charge >= 0.3 is 0 Å². The lowest BCUT2D eigenvalue weighted by atomic mass is 10.3. The Morgan fingerprint density at radius 3 is 2.33 bits per heavy atom. The van der Waals surface area contributed by atoms with E-state index in [4.69, 9.17) is 0 Å². The van der Waals surface area contributed by atoms with Gasteiger partial charge in [0.1, 0.15) is 4.60 Å². The van der Waals surface area contributed by atoms with E-state index in [1.54, 1.807) is 0 Å². The first kappa shape index (κ1) is 9.44. The van der Waals surface area contributed by atoms with Gasteiger partial charge < -0.3 is 0 Å². The zero-order chi connectivity index (χ0) is 9.30. The van der Waals surface area contributed by atoms with E-state index in [1.807, 2.05) is 0 Å². The lowest BCUT2D eigenvalue weighted by Gasteiger charge is -2.03. The first-order valence-corrected chi connectivity index (χ1v) is 3.61. The average Bonchev–Trinajstić information content (AvgIpc) is 1.97. The minimum absolute atomic E-state index is 0.378. The van der Waals surface area contributed by atoms with Gasteiger partial charge in [-0.15, -0.1) is 0 Å². The zero-order valence-corrected chi connectivity index (χ0v) is 7.08. The van der Waals surface area contributed by atoms with Crippen LogP contribution in [0.5, 0.6) is 0 Å². The second-order valence-corrected chi connectivity index (χ2v) is 2.68. The van der Waals surface area contributed by atoms with Crippen molar-refractivity contribution in [3.05, 3.63) is 28.0 Å². The summed E-state index contributed by atoms with van der Waals surface area (Å²) in [5, 5.41) is 0. The van der Waals surface area contributed by atoms with E-state index in [9.17, 15) is 17.6 Å². The molecule has 66 valence electrons. The van der Waals surface area contributed by atoms with Crippen molar-refractivity contribution in [1.82, 2.24) is 4.98 Å². The van der Waals surface area contributed by atoms with E-state index in [1.165, 1.54) is 0 Å². The highest BCUT2D eigenvalue weighted by Gasteiger charge is 2.21. The Labute approximate surface area is 73.5 Å². The number of hydrogen-bond donors (Lipinski definition) is 0. The van der Waals surface area contributed by atoms with E-state index in [0.29, 0.717) is 6.20 Å². The fourth-order valence-electron chi connectivity index (χ4n) is 0.645. The smallest absolute Gasteiger partial charge is 0.246 e. The van der Waals surface area contributed by atoms with E-state index < -0.39 is 23.6 Å². The van der Waals surface area contributed by atoms with Crippen LogP contribution in [0.15, 0.2) is 10.8 Å². The van der Waals surface area contributed by atoms with Crippen molar-refractivity contribution < 1.29 is 17.6 Å². The number of pyridine rings is 1. The summed E-state index contributed by atoms with van der Waals surface area (Å²) in [6.45, 7) is 0. The molecule has 0 aromatic carbocycles. The second kappa shape index (κ2) is 3.38. The monoisotopic (exact) mass is 243 g/mol. The quantitative estimate of drug-likeness (QED) is 0.546. The molecule has 0 saturated heterocycles. The molecule has 0 N–H and O–H groups in total. The molecular formula is C6H2BrF4N. The van der Waals surface area contributed by atoms with Crippen LogP contribution in [-0.4, -0.2) is 4.98 Å². The second-order valence-electron chi connectivity index (χ2n) is 1.93. The first-order chi connectivity index (χ1) is 5.54. The summed E-state index contributed by atoms with van der Waals surface area (Å²) < 4.78 is 48.5. The summed E-state index contributed by atoms with van der Waals surface area (Å²) in [7, 11) is 0. The summed E-state index contributed by atoms with van der Waals surface area (Å²) in [5.41, 5.74) is -1.05. The largest absolute Gasteiger partial charge is 0.269 e. The average molecular weight is 244 g/mol. The normalized spacial score (nSPS) is 10.8. The predicted octanol–water partition coefficient (Wildman–Crippen LogP) is 3.06. The van der Waals surface area contributed by atoms with Crippen molar-refractivity contribution >= 4 is 15.9 Å². The Kier molecular flexibility index (Phi) is 2.66. The molecule has 0 radical (unpaired) electrons. The highest BCUT2D eigenvalue weighted by Crippen LogP contribution is 2.28. The van der Waals surface area contributed by atoms with Crippen molar-refractivity contribution in [2.75, 3.05) is 0 Å². The van der Waals surface area contributed by atoms with E-state index in [2.05, 4.69) is 20.9 Å².